The number of fused-ring (bicyclic) bond motifs is 1. The van der Waals surface area contributed by atoms with Crippen LogP contribution in [0, 0.1) is 17.3 Å². The predicted octanol–water partition coefficient (Wildman–Crippen LogP) is 4.74. The fraction of sp³-hybridized carbons (Fsp3) is 0.565. The van der Waals surface area contributed by atoms with Gasteiger partial charge < -0.3 is 4.74 Å². The van der Waals surface area contributed by atoms with Crippen LogP contribution in [0.25, 0.3) is 0 Å². The fourth-order valence-corrected chi connectivity index (χ4v) is 5.36. The van der Waals surface area contributed by atoms with E-state index in [1.165, 1.54) is 16.9 Å². The third-order valence-electron chi connectivity index (χ3n) is 7.02. The van der Waals surface area contributed by atoms with E-state index in [1.54, 1.807) is 0 Å². The Kier molecular flexibility index (Phi) is 4.83. The lowest BCUT2D eigenvalue weighted by molar-refractivity contribution is -0.136. The number of nitrogens with zero attached hydrogens (tertiary/aromatic N) is 1. The van der Waals surface area contributed by atoms with E-state index in [1.807, 2.05) is 30.3 Å². The lowest BCUT2D eigenvalue weighted by Gasteiger charge is -2.47. The van der Waals surface area contributed by atoms with Crippen LogP contribution in [-0.4, -0.2) is 29.5 Å². The fourth-order valence-electron chi connectivity index (χ4n) is 5.36. The minimum Gasteiger partial charge on any atom is -0.447 e. The second-order valence-corrected chi connectivity index (χ2v) is 8.79. The second kappa shape index (κ2) is 7.14. The molecule has 4 rings (SSSR count). The third-order valence-corrected chi connectivity index (χ3v) is 7.02. The zero-order chi connectivity index (χ0) is 19.0. The maximum atomic E-state index is 13.3. The normalized spacial score (nSPS) is 33.3. The number of amides is 2. The van der Waals surface area contributed by atoms with E-state index >= 15 is 0 Å². The Bertz CT molecular complexity index is 756. The molecule has 0 unspecified atom stereocenters. The Morgan fingerprint density at radius 2 is 2.04 bits per heavy atom. The van der Waals surface area contributed by atoms with Crippen LogP contribution in [-0.2, 0) is 16.0 Å². The first-order chi connectivity index (χ1) is 13.0. The minimum atomic E-state index is -0.467. The van der Waals surface area contributed by atoms with Gasteiger partial charge in [0.25, 0.3) is 0 Å². The van der Waals surface area contributed by atoms with Gasteiger partial charge in [-0.1, -0.05) is 48.9 Å². The van der Waals surface area contributed by atoms with Crippen molar-refractivity contribution in [1.82, 2.24) is 4.90 Å². The lowest BCUT2D eigenvalue weighted by atomic mass is 9.58. The zero-order valence-electron chi connectivity index (χ0n) is 16.3. The Morgan fingerprint density at radius 3 is 2.81 bits per heavy atom. The van der Waals surface area contributed by atoms with Gasteiger partial charge in [0.1, 0.15) is 6.61 Å². The number of benzene rings is 1. The van der Waals surface area contributed by atoms with Crippen LogP contribution in [0.1, 0.15) is 51.5 Å². The standard InChI is InChI=1S/C23H29NO3/c1-16-7-6-11-23(2)12-10-18(14-20(16)23)21(25)24-19(15-27-22(24)26)13-17-8-4-3-5-9-17/h3-5,7-9,18-20H,6,10-15H2,1-2H3/t18-,19+,20-,23-/m0/s1. The number of ether oxygens (including phenoxy) is 1. The smallest absolute Gasteiger partial charge is 0.416 e. The van der Waals surface area contributed by atoms with E-state index in [4.69, 9.17) is 4.74 Å². The van der Waals surface area contributed by atoms with Crippen molar-refractivity contribution in [3.05, 3.63) is 47.5 Å². The van der Waals surface area contributed by atoms with Gasteiger partial charge in [0.05, 0.1) is 6.04 Å². The van der Waals surface area contributed by atoms with Gasteiger partial charge in [-0.05, 0) is 62.3 Å². The van der Waals surface area contributed by atoms with Gasteiger partial charge >= 0.3 is 6.09 Å². The molecule has 0 N–H and O–H groups in total. The van der Waals surface area contributed by atoms with Crippen LogP contribution in [0.5, 0.6) is 0 Å². The van der Waals surface area contributed by atoms with Crippen molar-refractivity contribution >= 4 is 12.0 Å². The van der Waals surface area contributed by atoms with Gasteiger partial charge in [-0.25, -0.2) is 9.69 Å². The first-order valence-electron chi connectivity index (χ1n) is 10.2. The predicted molar refractivity (Wildman–Crippen MR) is 104 cm³/mol. The van der Waals surface area contributed by atoms with Crippen LogP contribution in [0.4, 0.5) is 4.79 Å². The first-order valence-corrected chi connectivity index (χ1v) is 10.2. The van der Waals surface area contributed by atoms with Crippen LogP contribution < -0.4 is 0 Å². The zero-order valence-corrected chi connectivity index (χ0v) is 16.3. The molecule has 0 bridgehead atoms. The molecule has 1 saturated heterocycles. The highest BCUT2D eigenvalue weighted by Gasteiger charge is 2.47. The van der Waals surface area contributed by atoms with Crippen LogP contribution in [0.3, 0.4) is 0 Å². The Balaban J connectivity index is 1.50. The molecule has 144 valence electrons. The highest BCUT2D eigenvalue weighted by atomic mass is 16.6. The van der Waals surface area contributed by atoms with E-state index in [9.17, 15) is 9.59 Å². The maximum absolute atomic E-state index is 13.3. The second-order valence-electron chi connectivity index (χ2n) is 8.79. The van der Waals surface area contributed by atoms with Crippen molar-refractivity contribution in [3.8, 4) is 0 Å². The first kappa shape index (κ1) is 18.3. The summed E-state index contributed by atoms with van der Waals surface area (Å²) in [4.78, 5) is 27.1. The number of allylic oxidation sites excluding steroid dienone is 2. The average Bonchev–Trinajstić information content (AvgIpc) is 3.02. The summed E-state index contributed by atoms with van der Waals surface area (Å²) in [5, 5.41) is 0. The quantitative estimate of drug-likeness (QED) is 0.725. The average molecular weight is 367 g/mol. The Hall–Kier alpha value is -2.10. The van der Waals surface area contributed by atoms with Crippen molar-refractivity contribution in [2.24, 2.45) is 17.3 Å². The molecule has 3 aliphatic rings. The third kappa shape index (κ3) is 3.42. The van der Waals surface area contributed by atoms with Gasteiger partial charge in [-0.2, -0.15) is 0 Å². The minimum absolute atomic E-state index is 0.0288. The molecule has 2 fully saturated rings. The molecule has 0 spiro atoms. The summed E-state index contributed by atoms with van der Waals surface area (Å²) >= 11 is 0. The Morgan fingerprint density at radius 1 is 1.26 bits per heavy atom. The van der Waals surface area contributed by atoms with Gasteiger partial charge in [-0.3, -0.25) is 4.79 Å². The molecule has 0 radical (unpaired) electrons. The van der Waals surface area contributed by atoms with E-state index in [-0.39, 0.29) is 17.9 Å². The van der Waals surface area contributed by atoms with Crippen molar-refractivity contribution in [3.63, 3.8) is 0 Å². The molecular weight excluding hydrogens is 338 g/mol. The van der Waals surface area contributed by atoms with E-state index in [0.717, 1.165) is 31.2 Å². The van der Waals surface area contributed by atoms with Gasteiger partial charge in [0.15, 0.2) is 0 Å². The van der Waals surface area contributed by atoms with Crippen LogP contribution >= 0.6 is 0 Å². The number of carbonyl (C=O) groups is 2. The molecule has 27 heavy (non-hydrogen) atoms. The summed E-state index contributed by atoms with van der Waals surface area (Å²) in [5.74, 6) is 0.354. The summed E-state index contributed by atoms with van der Waals surface area (Å²) in [6.45, 7) is 4.88. The van der Waals surface area contributed by atoms with Gasteiger partial charge in [0, 0.05) is 5.92 Å². The molecule has 2 aliphatic carbocycles. The van der Waals surface area contributed by atoms with Crippen molar-refractivity contribution < 1.29 is 14.3 Å². The molecule has 0 aromatic heterocycles. The maximum Gasteiger partial charge on any atom is 0.416 e. The topological polar surface area (TPSA) is 46.6 Å². The Labute approximate surface area is 161 Å². The van der Waals surface area contributed by atoms with Crippen molar-refractivity contribution in [2.75, 3.05) is 6.61 Å². The molecule has 1 aromatic rings. The summed E-state index contributed by atoms with van der Waals surface area (Å²) in [7, 11) is 0. The molecule has 1 heterocycles. The number of imide groups is 1. The molecular formula is C23H29NO3. The molecule has 2 amide bonds. The molecule has 1 saturated carbocycles. The van der Waals surface area contributed by atoms with Crippen molar-refractivity contribution in [2.45, 2.75) is 58.4 Å². The molecule has 1 aliphatic heterocycles. The summed E-state index contributed by atoms with van der Waals surface area (Å²) in [6.07, 6.45) is 7.68. The monoisotopic (exact) mass is 367 g/mol. The molecule has 4 nitrogen and oxygen atoms in total. The van der Waals surface area contributed by atoms with Gasteiger partial charge in [-0.15, -0.1) is 0 Å². The number of cyclic esters (lactones) is 1. The van der Waals surface area contributed by atoms with Crippen LogP contribution in [0.15, 0.2) is 42.0 Å². The summed E-state index contributed by atoms with van der Waals surface area (Å²) < 4.78 is 5.26. The number of carbonyl (C=O) groups excluding carboxylic acids is 2. The van der Waals surface area contributed by atoms with E-state index in [2.05, 4.69) is 19.9 Å². The number of hydrogen-bond donors (Lipinski definition) is 0. The molecule has 4 heteroatoms. The van der Waals surface area contributed by atoms with E-state index < -0.39 is 6.09 Å². The summed E-state index contributed by atoms with van der Waals surface area (Å²) in [5.41, 5.74) is 2.86. The highest BCUT2D eigenvalue weighted by Crippen LogP contribution is 2.52. The van der Waals surface area contributed by atoms with Crippen LogP contribution in [0.2, 0.25) is 0 Å². The van der Waals surface area contributed by atoms with E-state index in [0.29, 0.717) is 24.4 Å². The SMILES string of the molecule is CC1=CCC[C@@]2(C)CC[C@H](C(=O)N3C(=O)OC[C@H]3Cc3ccccc3)C[C@@H]12. The number of hydrogen-bond acceptors (Lipinski definition) is 3. The molecule has 4 atom stereocenters. The van der Waals surface area contributed by atoms with Crippen molar-refractivity contribution in [1.29, 1.82) is 0 Å². The molecule has 1 aromatic carbocycles. The highest BCUT2D eigenvalue weighted by molar-refractivity contribution is 5.95. The lowest BCUT2D eigenvalue weighted by Crippen LogP contribution is -2.47. The largest absolute Gasteiger partial charge is 0.447 e. The van der Waals surface area contributed by atoms with Gasteiger partial charge in [0.2, 0.25) is 5.91 Å². The summed E-state index contributed by atoms with van der Waals surface area (Å²) in [6, 6.07) is 9.82. The number of rotatable bonds is 3.